The molecular weight excluding hydrogens is 1230 g/mol. The Morgan fingerprint density at radius 2 is 0.549 bits per heavy atom. The fraction of sp³-hybridized carbons (Fsp3) is 0.429. The van der Waals surface area contributed by atoms with Crippen molar-refractivity contribution in [1.29, 1.82) is 31.6 Å². The maximum atomic E-state index is 15.0. The molecule has 0 radical (unpaired) electrons. The van der Waals surface area contributed by atoms with E-state index in [0.717, 1.165) is 0 Å². The molecular formula is C63H57F15N10O3. The Labute approximate surface area is 513 Å². The average molecular weight is 1290 g/mol. The second-order valence-corrected chi connectivity index (χ2v) is 23.6. The number of ether oxygens (including phenoxy) is 3. The summed E-state index contributed by atoms with van der Waals surface area (Å²) in [5.74, 6) is -34.4. The lowest BCUT2D eigenvalue weighted by molar-refractivity contribution is 0.0548. The summed E-state index contributed by atoms with van der Waals surface area (Å²) < 4.78 is 236. The normalized spacial score (nSPS) is 17.8. The van der Waals surface area contributed by atoms with Gasteiger partial charge < -0.3 is 30.2 Å². The highest BCUT2D eigenvalue weighted by atomic mass is 19.2. The van der Waals surface area contributed by atoms with Gasteiger partial charge in [-0.1, -0.05) is 41.5 Å². The van der Waals surface area contributed by atoms with Crippen LogP contribution in [0.15, 0.2) is 50.5 Å². The van der Waals surface area contributed by atoms with E-state index in [-0.39, 0.29) is 168 Å². The molecule has 91 heavy (non-hydrogen) atoms. The standard InChI is InChI=1S/C63H57F15N10O3/c1-61(2)19-31(37(28-82)43-46(64)52(70)58(76)53(71)47(43)65)34(25-79)40(22-61)85-7-13-89-16-10-88(11-17-90-14-8-86-41-23-62(3,4)20-32(35(41)26-80)38(29-83)44-48(66)54(72)59(77)55(73)49(44)67)12-18-91-15-9-87-42-24-63(5,6)21-33(36(42)27-81)39(30-84)45-50(68)56(74)60(78)57(75)51(45)69/h85-87H,7-24H2,1-6H3/b37-31+,38-32+,39-33+. The van der Waals surface area contributed by atoms with Gasteiger partial charge >= 0.3 is 0 Å². The highest BCUT2D eigenvalue weighted by Crippen LogP contribution is 2.48. The van der Waals surface area contributed by atoms with Gasteiger partial charge in [0.1, 0.15) is 36.4 Å². The van der Waals surface area contributed by atoms with Gasteiger partial charge in [-0.25, -0.2) is 65.9 Å². The third-order valence-electron chi connectivity index (χ3n) is 15.1. The quantitative estimate of drug-likeness (QED) is 0.0251. The summed E-state index contributed by atoms with van der Waals surface area (Å²) in [6.07, 6.45) is 0.0230. The minimum absolute atomic E-state index is 0.0151. The van der Waals surface area contributed by atoms with E-state index in [9.17, 15) is 71.1 Å². The van der Waals surface area contributed by atoms with Crippen molar-refractivity contribution in [3.05, 3.63) is 154 Å². The predicted octanol–water partition coefficient (Wildman–Crippen LogP) is 12.9. The molecule has 3 aliphatic rings. The summed E-state index contributed by atoms with van der Waals surface area (Å²) >= 11 is 0. The van der Waals surface area contributed by atoms with Crippen molar-refractivity contribution in [3.8, 4) is 36.4 Å². The maximum absolute atomic E-state index is 15.0. The monoisotopic (exact) mass is 1290 g/mol. The fourth-order valence-electron chi connectivity index (χ4n) is 11.0. The first-order chi connectivity index (χ1) is 42.9. The molecule has 0 amide bonds. The van der Waals surface area contributed by atoms with Gasteiger partial charge in [-0.3, -0.25) is 4.90 Å². The van der Waals surface area contributed by atoms with E-state index in [0.29, 0.717) is 0 Å². The summed E-state index contributed by atoms with van der Waals surface area (Å²) in [6.45, 7) is 10.9. The van der Waals surface area contributed by atoms with Gasteiger partial charge in [-0.15, -0.1) is 0 Å². The molecule has 0 unspecified atom stereocenters. The van der Waals surface area contributed by atoms with E-state index in [1.165, 1.54) is 18.2 Å². The van der Waals surface area contributed by atoms with Gasteiger partial charge in [0.2, 0.25) is 17.5 Å². The van der Waals surface area contributed by atoms with Crippen LogP contribution >= 0.6 is 0 Å². The van der Waals surface area contributed by atoms with Crippen molar-refractivity contribution in [3.63, 3.8) is 0 Å². The highest BCUT2D eigenvalue weighted by molar-refractivity contribution is 5.86. The van der Waals surface area contributed by atoms with E-state index in [2.05, 4.69) is 16.0 Å². The van der Waals surface area contributed by atoms with E-state index in [1.807, 2.05) is 23.1 Å². The number of hydrogen-bond acceptors (Lipinski definition) is 13. The topological polar surface area (TPSA) is 210 Å². The molecule has 0 bridgehead atoms. The Kier molecular flexibility index (Phi) is 23.4. The number of rotatable bonds is 24. The third kappa shape index (κ3) is 15.7. The summed E-state index contributed by atoms with van der Waals surface area (Å²) in [6, 6.07) is 10.2. The number of nitriles is 6. The van der Waals surface area contributed by atoms with E-state index >= 15 is 26.3 Å². The maximum Gasteiger partial charge on any atom is 0.200 e. The first kappa shape index (κ1) is 71.3. The molecule has 0 atom stereocenters. The summed E-state index contributed by atoms with van der Waals surface area (Å²) in [5, 5.41) is 70.0. The van der Waals surface area contributed by atoms with Gasteiger partial charge in [-0.05, 0) is 71.5 Å². The Morgan fingerprint density at radius 1 is 0.341 bits per heavy atom. The second kappa shape index (κ2) is 29.9. The Bertz CT molecular complexity index is 3400. The van der Waals surface area contributed by atoms with E-state index in [1.54, 1.807) is 41.5 Å². The lowest BCUT2D eigenvalue weighted by atomic mass is 9.72. The molecule has 0 aromatic heterocycles. The average Bonchev–Trinajstić information content (AvgIpc) is 0.795. The number of hydrogen-bond donors (Lipinski definition) is 3. The van der Waals surface area contributed by atoms with Crippen molar-refractivity contribution in [2.75, 3.05) is 78.9 Å². The first-order valence-electron chi connectivity index (χ1n) is 27.9. The van der Waals surface area contributed by atoms with Crippen molar-refractivity contribution in [1.82, 2.24) is 20.9 Å². The Morgan fingerprint density at radius 3 is 0.747 bits per heavy atom. The number of nitrogens with one attached hydrogen (secondary N) is 3. The van der Waals surface area contributed by atoms with Crippen LogP contribution in [0.25, 0.3) is 16.7 Å². The number of nitrogens with zero attached hydrogens (tertiary/aromatic N) is 7. The molecule has 0 saturated heterocycles. The molecule has 3 N–H and O–H groups in total. The van der Waals surface area contributed by atoms with Crippen LogP contribution in [0.3, 0.4) is 0 Å². The molecule has 3 aliphatic carbocycles. The largest absolute Gasteiger partial charge is 0.385 e. The van der Waals surface area contributed by atoms with Gasteiger partial charge in [0.05, 0.1) is 89.8 Å². The molecule has 0 spiro atoms. The van der Waals surface area contributed by atoms with Crippen LogP contribution in [-0.4, -0.2) is 83.8 Å². The molecule has 3 aromatic rings. The molecule has 13 nitrogen and oxygen atoms in total. The zero-order valence-corrected chi connectivity index (χ0v) is 49.8. The molecule has 6 rings (SSSR count). The minimum atomic E-state index is -2.43. The fourth-order valence-corrected chi connectivity index (χ4v) is 11.0. The molecule has 0 saturated carbocycles. The van der Waals surface area contributed by atoms with Crippen LogP contribution < -0.4 is 16.0 Å². The van der Waals surface area contributed by atoms with Crippen LogP contribution in [0, 0.1) is 171 Å². The molecule has 0 fully saturated rings. The molecule has 28 heteroatoms. The van der Waals surface area contributed by atoms with Crippen molar-refractivity contribution >= 4 is 16.7 Å². The summed E-state index contributed by atoms with van der Waals surface area (Å²) in [5.41, 5.74) is -10.4. The van der Waals surface area contributed by atoms with Gasteiger partial charge in [0, 0.05) is 56.4 Å². The lowest BCUT2D eigenvalue weighted by Crippen LogP contribution is -2.36. The van der Waals surface area contributed by atoms with Crippen LogP contribution in [0.1, 0.15) is 96.8 Å². The van der Waals surface area contributed by atoms with Crippen LogP contribution in [0.4, 0.5) is 65.9 Å². The number of halogens is 15. The van der Waals surface area contributed by atoms with Crippen molar-refractivity contribution in [2.45, 2.75) is 80.1 Å². The summed E-state index contributed by atoms with van der Waals surface area (Å²) in [7, 11) is 0. The summed E-state index contributed by atoms with van der Waals surface area (Å²) in [4.78, 5) is 1.85. The Hall–Kier alpha value is -8.77. The second-order valence-electron chi connectivity index (χ2n) is 23.6. The van der Waals surface area contributed by atoms with Gasteiger partial charge in [0.15, 0.2) is 69.8 Å². The molecule has 0 aliphatic heterocycles. The Balaban J connectivity index is 1.15. The number of allylic oxidation sites excluding steroid dienone is 12. The minimum Gasteiger partial charge on any atom is -0.385 e. The van der Waals surface area contributed by atoms with E-state index in [4.69, 9.17) is 14.2 Å². The van der Waals surface area contributed by atoms with Gasteiger partial charge in [0.25, 0.3) is 0 Å². The third-order valence-corrected chi connectivity index (χ3v) is 15.1. The molecule has 3 aromatic carbocycles. The molecule has 0 heterocycles. The van der Waals surface area contributed by atoms with E-state index < -0.39 is 137 Å². The first-order valence-corrected chi connectivity index (χ1v) is 27.9. The van der Waals surface area contributed by atoms with Gasteiger partial charge in [-0.2, -0.15) is 31.6 Å². The zero-order valence-electron chi connectivity index (χ0n) is 49.8. The number of benzene rings is 3. The predicted molar refractivity (Wildman–Crippen MR) is 296 cm³/mol. The zero-order chi connectivity index (χ0) is 67.6. The van der Waals surface area contributed by atoms with Crippen LogP contribution in [0.2, 0.25) is 0 Å². The van der Waals surface area contributed by atoms with Crippen LogP contribution in [0.5, 0.6) is 0 Å². The van der Waals surface area contributed by atoms with Crippen molar-refractivity contribution < 1.29 is 80.1 Å². The van der Waals surface area contributed by atoms with Crippen LogP contribution in [-0.2, 0) is 14.2 Å². The molecule has 482 valence electrons. The van der Waals surface area contributed by atoms with Crippen molar-refractivity contribution in [2.24, 2.45) is 16.2 Å². The highest BCUT2D eigenvalue weighted by Gasteiger charge is 2.40. The lowest BCUT2D eigenvalue weighted by Gasteiger charge is -2.34. The SMILES string of the molecule is CC1(C)CC(NCCOCCN(CCOCCNC2=C(C#N)/C(=C(\C#N)c3c(F)c(F)c(F)c(F)c3F)CC(C)(C)C2)CCOCCNC2=C(C#N)/C(=C(\C#N)c3c(F)c(F)c(F)c(F)c3F)CC(C)(C)C2)=C(C#N)/C(=C(\C#N)c2c(F)c(F)c(F)c(F)c2F)C1. The smallest absolute Gasteiger partial charge is 0.200 e.